The molecule has 0 unspecified atom stereocenters. The fourth-order valence-corrected chi connectivity index (χ4v) is 2.67. The van der Waals surface area contributed by atoms with Crippen LogP contribution in [0.4, 0.5) is 4.39 Å². The molecule has 1 aromatic carbocycles. The van der Waals surface area contributed by atoms with Gasteiger partial charge in [0.25, 0.3) is 0 Å². The minimum atomic E-state index is -0.266. The SMILES string of the molecule is CCN(CC)SCCCCOc1ccc(C)cc1F. The summed E-state index contributed by atoms with van der Waals surface area (Å²) in [7, 11) is 0. The maximum absolute atomic E-state index is 13.5. The predicted octanol–water partition coefficient (Wildman–Crippen LogP) is 4.28. The van der Waals surface area contributed by atoms with Gasteiger partial charge in [-0.2, -0.15) is 0 Å². The van der Waals surface area contributed by atoms with Gasteiger partial charge in [0.1, 0.15) is 0 Å². The van der Waals surface area contributed by atoms with Gasteiger partial charge in [-0.3, -0.25) is 4.31 Å². The molecule has 0 fully saturated rings. The van der Waals surface area contributed by atoms with Crippen molar-refractivity contribution < 1.29 is 9.13 Å². The lowest BCUT2D eigenvalue weighted by Crippen LogP contribution is -2.14. The highest BCUT2D eigenvalue weighted by atomic mass is 32.2. The first-order chi connectivity index (χ1) is 9.17. The third kappa shape index (κ3) is 6.30. The van der Waals surface area contributed by atoms with E-state index in [0.717, 1.165) is 37.2 Å². The molecule has 0 aliphatic rings. The van der Waals surface area contributed by atoms with Gasteiger partial charge in [0.05, 0.1) is 6.61 Å². The van der Waals surface area contributed by atoms with Gasteiger partial charge < -0.3 is 4.74 Å². The summed E-state index contributed by atoms with van der Waals surface area (Å²) >= 11 is 1.88. The Kier molecular flexibility index (Phi) is 7.91. The molecule has 0 atom stereocenters. The molecule has 0 aliphatic heterocycles. The Morgan fingerprint density at radius 3 is 2.58 bits per heavy atom. The zero-order valence-corrected chi connectivity index (χ0v) is 12.9. The Morgan fingerprint density at radius 1 is 1.21 bits per heavy atom. The van der Waals surface area contributed by atoms with Crippen molar-refractivity contribution in [1.29, 1.82) is 0 Å². The van der Waals surface area contributed by atoms with Gasteiger partial charge in [0.2, 0.25) is 0 Å². The number of ether oxygens (including phenoxy) is 1. The number of nitrogens with zero attached hydrogens (tertiary/aromatic N) is 1. The number of unbranched alkanes of at least 4 members (excludes halogenated alkanes) is 1. The molecule has 2 nitrogen and oxygen atoms in total. The largest absolute Gasteiger partial charge is 0.491 e. The molecule has 1 rings (SSSR count). The molecule has 108 valence electrons. The van der Waals surface area contributed by atoms with Crippen LogP contribution in [0.25, 0.3) is 0 Å². The molecule has 0 N–H and O–H groups in total. The zero-order valence-electron chi connectivity index (χ0n) is 12.1. The van der Waals surface area contributed by atoms with Crippen molar-refractivity contribution in [3.63, 3.8) is 0 Å². The van der Waals surface area contributed by atoms with Gasteiger partial charge in [-0.05, 0) is 37.5 Å². The van der Waals surface area contributed by atoms with Crippen LogP contribution in [-0.4, -0.2) is 29.8 Å². The topological polar surface area (TPSA) is 12.5 Å². The highest BCUT2D eigenvalue weighted by molar-refractivity contribution is 7.97. The van der Waals surface area contributed by atoms with Crippen LogP contribution < -0.4 is 4.74 Å². The molecule has 0 aromatic heterocycles. The molecule has 0 amide bonds. The molecule has 19 heavy (non-hydrogen) atoms. The summed E-state index contributed by atoms with van der Waals surface area (Å²) in [5.41, 5.74) is 0.917. The summed E-state index contributed by atoms with van der Waals surface area (Å²) in [4.78, 5) is 0. The Bertz CT molecular complexity index is 369. The summed E-state index contributed by atoms with van der Waals surface area (Å²) in [6.45, 7) is 8.94. The van der Waals surface area contributed by atoms with E-state index < -0.39 is 0 Å². The quantitative estimate of drug-likeness (QED) is 0.496. The molecule has 0 spiro atoms. The normalized spacial score (nSPS) is 11.0. The Morgan fingerprint density at radius 2 is 1.95 bits per heavy atom. The first-order valence-electron chi connectivity index (χ1n) is 6.94. The van der Waals surface area contributed by atoms with E-state index in [2.05, 4.69) is 18.2 Å². The summed E-state index contributed by atoms with van der Waals surface area (Å²) in [6, 6.07) is 5.08. The van der Waals surface area contributed by atoms with Crippen molar-refractivity contribution in [3.05, 3.63) is 29.6 Å². The Labute approximate surface area is 120 Å². The van der Waals surface area contributed by atoms with Crippen LogP contribution in [0, 0.1) is 12.7 Å². The average Bonchev–Trinajstić information content (AvgIpc) is 2.40. The Balaban J connectivity index is 2.14. The molecule has 4 heteroatoms. The van der Waals surface area contributed by atoms with Crippen molar-refractivity contribution in [2.45, 2.75) is 33.6 Å². The van der Waals surface area contributed by atoms with E-state index in [4.69, 9.17) is 4.74 Å². The van der Waals surface area contributed by atoms with Crippen LogP contribution in [0.1, 0.15) is 32.3 Å². The first-order valence-corrected chi connectivity index (χ1v) is 7.88. The molecule has 0 radical (unpaired) electrons. The molecular formula is C15H24FNOS. The third-order valence-corrected chi connectivity index (χ3v) is 4.22. The van der Waals surface area contributed by atoms with Gasteiger partial charge >= 0.3 is 0 Å². The van der Waals surface area contributed by atoms with Crippen LogP contribution in [0.5, 0.6) is 5.75 Å². The third-order valence-electron chi connectivity index (χ3n) is 2.86. The highest BCUT2D eigenvalue weighted by Crippen LogP contribution is 2.18. The Hall–Kier alpha value is -0.740. The fraction of sp³-hybridized carbons (Fsp3) is 0.600. The van der Waals surface area contributed by atoms with Crippen LogP contribution in [0.15, 0.2) is 18.2 Å². The smallest absolute Gasteiger partial charge is 0.165 e. The summed E-state index contributed by atoms with van der Waals surface area (Å²) in [6.07, 6.45) is 2.05. The van der Waals surface area contributed by atoms with Crippen molar-refractivity contribution >= 4 is 11.9 Å². The van der Waals surface area contributed by atoms with Crippen LogP contribution in [0.3, 0.4) is 0 Å². The lowest BCUT2D eigenvalue weighted by atomic mass is 10.2. The number of hydrogen-bond donors (Lipinski definition) is 0. The van der Waals surface area contributed by atoms with Crippen LogP contribution >= 0.6 is 11.9 Å². The van der Waals surface area contributed by atoms with E-state index in [0.29, 0.717) is 12.4 Å². The molecule has 0 bridgehead atoms. The number of aryl methyl sites for hydroxylation is 1. The second kappa shape index (κ2) is 9.21. The zero-order chi connectivity index (χ0) is 14.1. The van der Waals surface area contributed by atoms with E-state index in [1.54, 1.807) is 6.07 Å². The molecule has 1 aromatic rings. The van der Waals surface area contributed by atoms with Gasteiger partial charge in [-0.1, -0.05) is 31.9 Å². The molecule has 0 saturated heterocycles. The summed E-state index contributed by atoms with van der Waals surface area (Å²) in [5, 5.41) is 0. The second-order valence-corrected chi connectivity index (χ2v) is 5.62. The van der Waals surface area contributed by atoms with E-state index in [-0.39, 0.29) is 5.82 Å². The van der Waals surface area contributed by atoms with Gasteiger partial charge in [-0.25, -0.2) is 4.39 Å². The van der Waals surface area contributed by atoms with Gasteiger partial charge in [0.15, 0.2) is 11.6 Å². The maximum atomic E-state index is 13.5. The molecule has 0 saturated carbocycles. The minimum Gasteiger partial charge on any atom is -0.491 e. The van der Waals surface area contributed by atoms with Crippen molar-refractivity contribution in [2.24, 2.45) is 0 Å². The van der Waals surface area contributed by atoms with Gasteiger partial charge in [0, 0.05) is 18.8 Å². The van der Waals surface area contributed by atoms with Crippen LogP contribution in [-0.2, 0) is 0 Å². The van der Waals surface area contributed by atoms with Crippen molar-refractivity contribution in [3.8, 4) is 5.75 Å². The monoisotopic (exact) mass is 285 g/mol. The van der Waals surface area contributed by atoms with E-state index in [1.807, 2.05) is 24.9 Å². The minimum absolute atomic E-state index is 0.266. The predicted molar refractivity (Wildman–Crippen MR) is 81.2 cm³/mol. The summed E-state index contributed by atoms with van der Waals surface area (Å²) in [5.74, 6) is 1.20. The molecule has 0 aliphatic carbocycles. The van der Waals surface area contributed by atoms with E-state index >= 15 is 0 Å². The standard InChI is InChI=1S/C15H24FNOS/c1-4-17(5-2)19-11-7-6-10-18-15-9-8-13(3)12-14(15)16/h8-9,12H,4-7,10-11H2,1-3H3. The number of halogens is 1. The molecule has 0 heterocycles. The average molecular weight is 285 g/mol. The van der Waals surface area contributed by atoms with E-state index in [9.17, 15) is 4.39 Å². The summed E-state index contributed by atoms with van der Waals surface area (Å²) < 4.78 is 21.3. The fourth-order valence-electron chi connectivity index (χ4n) is 1.71. The van der Waals surface area contributed by atoms with Gasteiger partial charge in [-0.15, -0.1) is 0 Å². The first kappa shape index (κ1) is 16.3. The lowest BCUT2D eigenvalue weighted by molar-refractivity contribution is 0.294. The highest BCUT2D eigenvalue weighted by Gasteiger charge is 2.03. The lowest BCUT2D eigenvalue weighted by Gasteiger charge is -2.16. The van der Waals surface area contributed by atoms with Crippen LogP contribution in [0.2, 0.25) is 0 Å². The number of rotatable bonds is 9. The van der Waals surface area contributed by atoms with Crippen molar-refractivity contribution in [1.82, 2.24) is 4.31 Å². The number of benzene rings is 1. The molecular weight excluding hydrogens is 261 g/mol. The number of hydrogen-bond acceptors (Lipinski definition) is 3. The second-order valence-electron chi connectivity index (χ2n) is 4.44. The van der Waals surface area contributed by atoms with Crippen molar-refractivity contribution in [2.75, 3.05) is 25.4 Å². The maximum Gasteiger partial charge on any atom is 0.165 e. The van der Waals surface area contributed by atoms with E-state index in [1.165, 1.54) is 6.07 Å².